The largest absolute Gasteiger partial charge is 0.508 e. The Morgan fingerprint density at radius 3 is 1.44 bits per heavy atom. The second kappa shape index (κ2) is 5.64. The van der Waals surface area contributed by atoms with Crippen molar-refractivity contribution in [2.45, 2.75) is 0 Å². The van der Waals surface area contributed by atoms with Crippen LogP contribution in [-0.2, 0) is 0 Å². The maximum absolute atomic E-state index is 10.1. The van der Waals surface area contributed by atoms with Gasteiger partial charge >= 0.3 is 0 Å². The van der Waals surface area contributed by atoms with Gasteiger partial charge in [-0.05, 0) is 36.4 Å². The molecule has 6 nitrogen and oxygen atoms in total. The van der Waals surface area contributed by atoms with Gasteiger partial charge in [0.05, 0.1) is 11.7 Å². The fourth-order valence-corrected chi connectivity index (χ4v) is 3.35. The Hall–Kier alpha value is -3.32. The Kier molecular flexibility index (Phi) is 3.43. The van der Waals surface area contributed by atoms with E-state index in [4.69, 9.17) is 0 Å². The van der Waals surface area contributed by atoms with Gasteiger partial charge < -0.3 is 20.4 Å². The number of hydrogen-bond donors (Lipinski definition) is 4. The van der Waals surface area contributed by atoms with Gasteiger partial charge in [-0.1, -0.05) is 12.1 Å². The Morgan fingerprint density at radius 2 is 1.00 bits per heavy atom. The molecule has 4 aromatic rings. The van der Waals surface area contributed by atoms with Crippen molar-refractivity contribution in [1.82, 2.24) is 8.75 Å². The van der Waals surface area contributed by atoms with E-state index >= 15 is 0 Å². The van der Waals surface area contributed by atoms with E-state index in [0.29, 0.717) is 33.3 Å². The number of fused-ring (bicyclic) bond motifs is 1. The third-order valence-electron chi connectivity index (χ3n) is 3.96. The first kappa shape index (κ1) is 15.2. The highest BCUT2D eigenvalue weighted by Gasteiger charge is 2.17. The van der Waals surface area contributed by atoms with E-state index in [2.05, 4.69) is 8.75 Å². The minimum Gasteiger partial charge on any atom is -0.508 e. The van der Waals surface area contributed by atoms with E-state index in [0.717, 1.165) is 11.7 Å². The van der Waals surface area contributed by atoms with Gasteiger partial charge in [-0.3, -0.25) is 0 Å². The summed E-state index contributed by atoms with van der Waals surface area (Å²) in [5, 5.41) is 39.7. The van der Waals surface area contributed by atoms with Crippen LogP contribution in [0.25, 0.3) is 33.3 Å². The molecule has 0 fully saturated rings. The van der Waals surface area contributed by atoms with E-state index in [9.17, 15) is 20.4 Å². The maximum Gasteiger partial charge on any atom is 0.123 e. The van der Waals surface area contributed by atoms with Gasteiger partial charge in [0.1, 0.15) is 34.0 Å². The molecule has 124 valence electrons. The van der Waals surface area contributed by atoms with Crippen molar-refractivity contribution in [3.05, 3.63) is 48.5 Å². The van der Waals surface area contributed by atoms with Gasteiger partial charge in [0.15, 0.2) is 0 Å². The lowest BCUT2D eigenvalue weighted by Crippen LogP contribution is -1.87. The molecule has 0 unspecified atom stereocenters. The number of rotatable bonds is 2. The molecule has 0 spiro atoms. The zero-order valence-electron chi connectivity index (χ0n) is 12.7. The highest BCUT2D eigenvalue weighted by Crippen LogP contribution is 2.41. The number of phenols is 4. The Morgan fingerprint density at radius 1 is 0.560 bits per heavy atom. The second-order valence-electron chi connectivity index (χ2n) is 5.53. The molecule has 1 heterocycles. The highest BCUT2D eigenvalue weighted by molar-refractivity contribution is 7.00. The molecular formula is C18H12N2O4S. The van der Waals surface area contributed by atoms with Gasteiger partial charge in [0, 0.05) is 22.3 Å². The minimum atomic E-state index is 0.0139. The van der Waals surface area contributed by atoms with Crippen LogP contribution in [0, 0.1) is 0 Å². The minimum absolute atomic E-state index is 0.0139. The van der Waals surface area contributed by atoms with Gasteiger partial charge in [-0.2, -0.15) is 8.75 Å². The lowest BCUT2D eigenvalue weighted by molar-refractivity contribution is 0.462. The molecule has 0 aliphatic rings. The van der Waals surface area contributed by atoms with Crippen molar-refractivity contribution in [2.75, 3.05) is 0 Å². The molecule has 1 aromatic heterocycles. The zero-order valence-corrected chi connectivity index (χ0v) is 13.5. The predicted molar refractivity (Wildman–Crippen MR) is 94.9 cm³/mol. The summed E-state index contributed by atoms with van der Waals surface area (Å²) in [4.78, 5) is 0. The molecule has 0 radical (unpaired) electrons. The van der Waals surface area contributed by atoms with Crippen LogP contribution in [0.5, 0.6) is 23.0 Å². The molecular weight excluding hydrogens is 340 g/mol. The van der Waals surface area contributed by atoms with Crippen molar-refractivity contribution in [1.29, 1.82) is 0 Å². The lowest BCUT2D eigenvalue weighted by atomic mass is 9.96. The van der Waals surface area contributed by atoms with Crippen molar-refractivity contribution in [3.63, 3.8) is 0 Å². The van der Waals surface area contributed by atoms with Crippen LogP contribution in [0.3, 0.4) is 0 Å². The summed E-state index contributed by atoms with van der Waals surface area (Å²) >= 11 is 1.00. The summed E-state index contributed by atoms with van der Waals surface area (Å²) in [6, 6.07) is 12.0. The summed E-state index contributed by atoms with van der Waals surface area (Å²) in [5.74, 6) is 0.0813. The number of benzene rings is 3. The van der Waals surface area contributed by atoms with Crippen LogP contribution >= 0.6 is 11.7 Å². The first-order valence-electron chi connectivity index (χ1n) is 7.34. The Balaban J connectivity index is 1.99. The van der Waals surface area contributed by atoms with Gasteiger partial charge in [0.25, 0.3) is 0 Å². The van der Waals surface area contributed by atoms with Crippen molar-refractivity contribution in [3.8, 4) is 45.3 Å². The quantitative estimate of drug-likeness (QED) is 0.408. The van der Waals surface area contributed by atoms with Gasteiger partial charge in [-0.25, -0.2) is 0 Å². The average Bonchev–Trinajstić information content (AvgIpc) is 3.08. The molecule has 25 heavy (non-hydrogen) atoms. The van der Waals surface area contributed by atoms with E-state index in [1.165, 1.54) is 36.4 Å². The average molecular weight is 352 g/mol. The molecule has 0 amide bonds. The van der Waals surface area contributed by atoms with Gasteiger partial charge in [0.2, 0.25) is 0 Å². The van der Waals surface area contributed by atoms with Crippen molar-refractivity contribution >= 4 is 22.8 Å². The smallest absolute Gasteiger partial charge is 0.123 e. The zero-order chi connectivity index (χ0) is 17.6. The fourth-order valence-electron chi connectivity index (χ4n) is 2.78. The number of aromatic hydroxyl groups is 4. The first-order valence-corrected chi connectivity index (χ1v) is 8.07. The monoisotopic (exact) mass is 352 g/mol. The molecule has 3 aromatic carbocycles. The number of nitrogens with zero attached hydrogens (tertiary/aromatic N) is 2. The van der Waals surface area contributed by atoms with E-state index in [-0.39, 0.29) is 23.0 Å². The van der Waals surface area contributed by atoms with Gasteiger partial charge in [-0.15, -0.1) is 0 Å². The number of aromatic nitrogens is 2. The summed E-state index contributed by atoms with van der Waals surface area (Å²) < 4.78 is 8.60. The highest BCUT2D eigenvalue weighted by atomic mass is 32.1. The first-order chi connectivity index (χ1) is 12.0. The van der Waals surface area contributed by atoms with E-state index in [1.54, 1.807) is 12.1 Å². The molecule has 0 atom stereocenters. The van der Waals surface area contributed by atoms with Crippen LogP contribution in [0.1, 0.15) is 0 Å². The topological polar surface area (TPSA) is 107 Å². The van der Waals surface area contributed by atoms with Crippen LogP contribution in [-0.4, -0.2) is 29.2 Å². The molecule has 4 N–H and O–H groups in total. The van der Waals surface area contributed by atoms with E-state index in [1.807, 2.05) is 0 Å². The molecule has 7 heteroatoms. The fraction of sp³-hybridized carbons (Fsp3) is 0. The SMILES string of the molecule is Oc1ccc(O)c(-c2ccc(-c3cc(O)ccc3O)c3nsnc23)c1. The standard InChI is InChI=1S/C18H12N2O4S/c21-9-1-5-15(23)13(7-9)11-3-4-12(18-17(11)19-25-20-18)14-8-10(22)2-6-16(14)24/h1-8,21-24H. The molecule has 4 rings (SSSR count). The molecule has 0 aliphatic heterocycles. The number of hydrogen-bond acceptors (Lipinski definition) is 7. The van der Waals surface area contributed by atoms with Crippen LogP contribution in [0.2, 0.25) is 0 Å². The summed E-state index contributed by atoms with van der Waals surface area (Å²) in [6.45, 7) is 0. The third-order valence-corrected chi connectivity index (χ3v) is 4.48. The lowest BCUT2D eigenvalue weighted by Gasteiger charge is -2.10. The molecule has 0 aliphatic carbocycles. The molecule has 0 saturated heterocycles. The third kappa shape index (κ3) is 2.50. The van der Waals surface area contributed by atoms with Crippen molar-refractivity contribution in [2.24, 2.45) is 0 Å². The normalized spacial score (nSPS) is 11.0. The Labute approximate surface area is 146 Å². The Bertz CT molecular complexity index is 1020. The summed E-state index contributed by atoms with van der Waals surface area (Å²) in [5.41, 5.74) is 3.16. The molecule has 0 saturated carbocycles. The summed E-state index contributed by atoms with van der Waals surface area (Å²) in [6.07, 6.45) is 0. The van der Waals surface area contributed by atoms with E-state index < -0.39 is 0 Å². The second-order valence-corrected chi connectivity index (χ2v) is 6.05. The van der Waals surface area contributed by atoms with Crippen LogP contribution in [0.15, 0.2) is 48.5 Å². The van der Waals surface area contributed by atoms with Crippen molar-refractivity contribution < 1.29 is 20.4 Å². The predicted octanol–water partition coefficient (Wildman–Crippen LogP) is 3.85. The van der Waals surface area contributed by atoms with Crippen LogP contribution < -0.4 is 0 Å². The molecule has 0 bridgehead atoms. The summed E-state index contributed by atoms with van der Waals surface area (Å²) in [7, 11) is 0. The number of phenolic OH excluding ortho intramolecular Hbond substituents is 4. The maximum atomic E-state index is 10.1. The van der Waals surface area contributed by atoms with Crippen LogP contribution in [0.4, 0.5) is 0 Å².